The van der Waals surface area contributed by atoms with Gasteiger partial charge in [0.25, 0.3) is 5.91 Å². The predicted octanol–water partition coefficient (Wildman–Crippen LogP) is 4.45. The van der Waals surface area contributed by atoms with Crippen LogP contribution in [0.3, 0.4) is 0 Å². The maximum absolute atomic E-state index is 12.7. The number of amides is 2. The van der Waals surface area contributed by atoms with E-state index in [1.165, 1.54) is 18.2 Å². The highest BCUT2D eigenvalue weighted by Gasteiger charge is 2.36. The van der Waals surface area contributed by atoms with Gasteiger partial charge in [-0.25, -0.2) is 12.7 Å². The first-order valence-electron chi connectivity index (χ1n) is 9.33. The van der Waals surface area contributed by atoms with Crippen LogP contribution in [0.5, 0.6) is 11.5 Å². The molecule has 31 heavy (non-hydrogen) atoms. The predicted molar refractivity (Wildman–Crippen MR) is 118 cm³/mol. The maximum Gasteiger partial charge on any atom is 0.257 e. The van der Waals surface area contributed by atoms with Crippen molar-refractivity contribution in [1.82, 2.24) is 0 Å². The molecule has 0 saturated carbocycles. The van der Waals surface area contributed by atoms with E-state index in [0.29, 0.717) is 17.2 Å². The second kappa shape index (κ2) is 8.41. The third-order valence-corrected chi connectivity index (χ3v) is 6.62. The standard InChI is InChI=1S/C22H17ClN2O5S/c23-20-11-8-16(25-21(26)12-13-31(25,28)29)14-19(20)22(27)24-15-6-9-18(10-7-15)30-17-4-2-1-3-5-17/h1-11,14H,12-13H2,(H,24,27). The molecule has 158 valence electrons. The molecule has 7 nitrogen and oxygen atoms in total. The molecule has 4 rings (SSSR count). The van der Waals surface area contributed by atoms with E-state index in [4.69, 9.17) is 16.3 Å². The third kappa shape index (κ3) is 4.55. The van der Waals surface area contributed by atoms with Crippen LogP contribution >= 0.6 is 11.6 Å². The zero-order valence-corrected chi connectivity index (χ0v) is 17.7. The number of carbonyl (C=O) groups is 2. The summed E-state index contributed by atoms with van der Waals surface area (Å²) in [6.45, 7) is 0. The molecule has 3 aromatic rings. The van der Waals surface area contributed by atoms with Gasteiger partial charge in [0.2, 0.25) is 15.9 Å². The van der Waals surface area contributed by atoms with Crippen molar-refractivity contribution in [2.75, 3.05) is 15.4 Å². The molecule has 1 N–H and O–H groups in total. The number of halogens is 1. The second-order valence-corrected chi connectivity index (χ2v) is 9.13. The number of nitrogens with zero attached hydrogens (tertiary/aromatic N) is 1. The van der Waals surface area contributed by atoms with Gasteiger partial charge in [0.15, 0.2) is 0 Å². The average Bonchev–Trinajstić information content (AvgIpc) is 3.03. The highest BCUT2D eigenvalue weighted by atomic mass is 35.5. The molecular weight excluding hydrogens is 440 g/mol. The van der Waals surface area contributed by atoms with Crippen LogP contribution in [-0.4, -0.2) is 26.0 Å². The first-order valence-corrected chi connectivity index (χ1v) is 11.3. The number of hydrogen-bond acceptors (Lipinski definition) is 5. The molecule has 0 bridgehead atoms. The summed E-state index contributed by atoms with van der Waals surface area (Å²) in [5, 5.41) is 2.84. The lowest BCUT2D eigenvalue weighted by Crippen LogP contribution is -2.29. The summed E-state index contributed by atoms with van der Waals surface area (Å²) < 4.78 is 30.7. The van der Waals surface area contributed by atoms with Gasteiger partial charge in [-0.15, -0.1) is 0 Å². The Hall–Kier alpha value is -3.36. The third-order valence-electron chi connectivity index (χ3n) is 4.60. The molecule has 1 heterocycles. The fraction of sp³-hybridized carbons (Fsp3) is 0.0909. The minimum atomic E-state index is -3.74. The van der Waals surface area contributed by atoms with Crippen molar-refractivity contribution in [2.24, 2.45) is 0 Å². The second-order valence-electron chi connectivity index (χ2n) is 6.78. The Bertz CT molecular complexity index is 1240. The van der Waals surface area contributed by atoms with Gasteiger partial charge in [0.05, 0.1) is 22.0 Å². The van der Waals surface area contributed by atoms with Gasteiger partial charge in [0, 0.05) is 12.1 Å². The Morgan fingerprint density at radius 3 is 2.29 bits per heavy atom. The topological polar surface area (TPSA) is 92.8 Å². The molecule has 9 heteroatoms. The fourth-order valence-electron chi connectivity index (χ4n) is 3.11. The van der Waals surface area contributed by atoms with Crippen LogP contribution in [0.4, 0.5) is 11.4 Å². The summed E-state index contributed by atoms with van der Waals surface area (Å²) in [6, 6.07) is 20.1. The van der Waals surface area contributed by atoms with Crippen molar-refractivity contribution in [3.05, 3.63) is 83.4 Å². The summed E-state index contributed by atoms with van der Waals surface area (Å²) >= 11 is 6.15. The van der Waals surface area contributed by atoms with Crippen molar-refractivity contribution < 1.29 is 22.7 Å². The lowest BCUT2D eigenvalue weighted by Gasteiger charge is -2.16. The molecule has 0 unspecified atom stereocenters. The molecule has 3 aromatic carbocycles. The summed E-state index contributed by atoms with van der Waals surface area (Å²) in [7, 11) is -3.74. The van der Waals surface area contributed by atoms with E-state index in [1.807, 2.05) is 30.3 Å². The van der Waals surface area contributed by atoms with Crippen LogP contribution in [0, 0.1) is 0 Å². The Kier molecular flexibility index (Phi) is 5.67. The quantitative estimate of drug-likeness (QED) is 0.612. The van der Waals surface area contributed by atoms with E-state index in [-0.39, 0.29) is 28.4 Å². The molecule has 1 fully saturated rings. The highest BCUT2D eigenvalue weighted by molar-refractivity contribution is 7.94. The number of anilines is 2. The smallest absolute Gasteiger partial charge is 0.257 e. The van der Waals surface area contributed by atoms with E-state index in [2.05, 4.69) is 5.32 Å². The molecule has 1 aliphatic heterocycles. The number of rotatable bonds is 5. The number of nitrogens with one attached hydrogen (secondary N) is 1. The largest absolute Gasteiger partial charge is 0.457 e. The first-order chi connectivity index (χ1) is 14.8. The molecule has 1 aliphatic rings. The van der Waals surface area contributed by atoms with Crippen molar-refractivity contribution in [1.29, 1.82) is 0 Å². The molecule has 0 aliphatic carbocycles. The highest BCUT2D eigenvalue weighted by Crippen LogP contribution is 2.30. The zero-order chi connectivity index (χ0) is 22.0. The number of benzene rings is 3. The molecule has 2 amide bonds. The lowest BCUT2D eigenvalue weighted by molar-refractivity contribution is -0.116. The van der Waals surface area contributed by atoms with Crippen LogP contribution in [0.1, 0.15) is 16.8 Å². The Labute approximate surface area is 184 Å². The summed E-state index contributed by atoms with van der Waals surface area (Å²) in [5.41, 5.74) is 0.638. The Morgan fingerprint density at radius 2 is 1.65 bits per heavy atom. The molecule has 0 aromatic heterocycles. The van der Waals surface area contributed by atoms with E-state index in [9.17, 15) is 18.0 Å². The zero-order valence-electron chi connectivity index (χ0n) is 16.1. The summed E-state index contributed by atoms with van der Waals surface area (Å²) in [6.07, 6.45) is -0.0934. The molecule has 0 atom stereocenters. The number of para-hydroxylation sites is 1. The summed E-state index contributed by atoms with van der Waals surface area (Å²) in [4.78, 5) is 24.8. The van der Waals surface area contributed by atoms with Crippen LogP contribution in [0.25, 0.3) is 0 Å². The van der Waals surface area contributed by atoms with Gasteiger partial charge in [-0.05, 0) is 54.6 Å². The van der Waals surface area contributed by atoms with E-state index in [1.54, 1.807) is 24.3 Å². The van der Waals surface area contributed by atoms with Crippen LogP contribution in [0.2, 0.25) is 5.02 Å². The first kappa shape index (κ1) is 20.9. The molecule has 1 saturated heterocycles. The minimum Gasteiger partial charge on any atom is -0.457 e. The maximum atomic E-state index is 12.7. The SMILES string of the molecule is O=C(Nc1ccc(Oc2ccccc2)cc1)c1cc(N2C(=O)CCS2(=O)=O)ccc1Cl. The van der Waals surface area contributed by atoms with Crippen LogP contribution in [0.15, 0.2) is 72.8 Å². The van der Waals surface area contributed by atoms with Gasteiger partial charge < -0.3 is 10.1 Å². The number of hydrogen-bond donors (Lipinski definition) is 1. The van der Waals surface area contributed by atoms with Crippen molar-refractivity contribution >= 4 is 44.8 Å². The number of carbonyl (C=O) groups excluding carboxylic acids is 2. The minimum absolute atomic E-state index is 0.0543. The molecule has 0 spiro atoms. The molecule has 0 radical (unpaired) electrons. The monoisotopic (exact) mass is 456 g/mol. The summed E-state index contributed by atoms with van der Waals surface area (Å²) in [5.74, 6) is -0.0421. The number of sulfonamides is 1. The van der Waals surface area contributed by atoms with Crippen molar-refractivity contribution in [2.45, 2.75) is 6.42 Å². The normalized spacial score (nSPS) is 15.0. The number of ether oxygens (including phenoxy) is 1. The van der Waals surface area contributed by atoms with Gasteiger partial charge in [-0.3, -0.25) is 9.59 Å². The van der Waals surface area contributed by atoms with Gasteiger partial charge in [-0.2, -0.15) is 0 Å². The average molecular weight is 457 g/mol. The Morgan fingerprint density at radius 1 is 0.968 bits per heavy atom. The fourth-order valence-corrected chi connectivity index (χ4v) is 4.77. The lowest BCUT2D eigenvalue weighted by atomic mass is 10.1. The van der Waals surface area contributed by atoms with Gasteiger partial charge in [-0.1, -0.05) is 29.8 Å². The van der Waals surface area contributed by atoms with Crippen LogP contribution in [-0.2, 0) is 14.8 Å². The van der Waals surface area contributed by atoms with Gasteiger partial charge >= 0.3 is 0 Å². The van der Waals surface area contributed by atoms with Crippen LogP contribution < -0.4 is 14.4 Å². The van der Waals surface area contributed by atoms with Crippen molar-refractivity contribution in [3.63, 3.8) is 0 Å². The van der Waals surface area contributed by atoms with E-state index >= 15 is 0 Å². The van der Waals surface area contributed by atoms with E-state index in [0.717, 1.165) is 4.31 Å². The molecular formula is C22H17ClN2O5S. The van der Waals surface area contributed by atoms with Crippen molar-refractivity contribution in [3.8, 4) is 11.5 Å². The van der Waals surface area contributed by atoms with E-state index < -0.39 is 21.8 Å². The van der Waals surface area contributed by atoms with Gasteiger partial charge in [0.1, 0.15) is 11.5 Å². The Balaban J connectivity index is 1.51.